The van der Waals surface area contributed by atoms with Crippen molar-refractivity contribution in [3.05, 3.63) is 35.4 Å². The number of thioether (sulfide) groups is 1. The van der Waals surface area contributed by atoms with Crippen LogP contribution in [0.4, 0.5) is 0 Å². The van der Waals surface area contributed by atoms with Gasteiger partial charge in [0.2, 0.25) is 0 Å². The summed E-state index contributed by atoms with van der Waals surface area (Å²) >= 11 is 2.16. The lowest BCUT2D eigenvalue weighted by Crippen LogP contribution is -2.46. The Labute approximate surface area is 128 Å². The Hall–Kier alpha value is -0.470. The molecule has 0 aliphatic carbocycles. The van der Waals surface area contributed by atoms with Crippen LogP contribution in [0.15, 0.2) is 24.3 Å². The lowest BCUT2D eigenvalue weighted by Gasteiger charge is -2.34. The average molecular weight is 292 g/mol. The fourth-order valence-electron chi connectivity index (χ4n) is 3.10. The van der Waals surface area contributed by atoms with Gasteiger partial charge in [-0.1, -0.05) is 45.0 Å². The molecule has 1 fully saturated rings. The van der Waals surface area contributed by atoms with E-state index < -0.39 is 0 Å². The molecule has 2 atom stereocenters. The monoisotopic (exact) mass is 291 g/mol. The fraction of sp³-hybridized carbons (Fsp3) is 0.667. The highest BCUT2D eigenvalue weighted by atomic mass is 32.2. The van der Waals surface area contributed by atoms with Crippen molar-refractivity contribution >= 4 is 11.8 Å². The van der Waals surface area contributed by atoms with Crippen molar-refractivity contribution in [1.82, 2.24) is 5.32 Å². The Kier molecular flexibility index (Phi) is 5.57. The van der Waals surface area contributed by atoms with Gasteiger partial charge in [0.1, 0.15) is 0 Å². The van der Waals surface area contributed by atoms with Crippen LogP contribution in [0.3, 0.4) is 0 Å². The molecule has 2 heteroatoms. The van der Waals surface area contributed by atoms with Crippen molar-refractivity contribution in [3.63, 3.8) is 0 Å². The number of likely N-dealkylation sites (N-methyl/N-ethyl adjacent to an activating group) is 1. The minimum atomic E-state index is 0.409. The molecule has 1 nitrogen and oxygen atoms in total. The maximum absolute atomic E-state index is 3.73. The van der Waals surface area contributed by atoms with Crippen LogP contribution in [0.25, 0.3) is 0 Å². The summed E-state index contributed by atoms with van der Waals surface area (Å²) in [5.74, 6) is 1.95. The van der Waals surface area contributed by atoms with Gasteiger partial charge in [0, 0.05) is 10.8 Å². The number of hydrogen-bond acceptors (Lipinski definition) is 2. The molecule has 0 spiro atoms. The molecule has 0 amide bonds. The van der Waals surface area contributed by atoms with Gasteiger partial charge in [-0.2, -0.15) is 11.8 Å². The molecule has 0 aromatic heterocycles. The van der Waals surface area contributed by atoms with Gasteiger partial charge in [-0.25, -0.2) is 0 Å². The highest BCUT2D eigenvalue weighted by molar-refractivity contribution is 8.00. The third-order valence-electron chi connectivity index (χ3n) is 4.52. The molecule has 1 aliphatic heterocycles. The molecule has 1 N–H and O–H groups in total. The predicted molar refractivity (Wildman–Crippen MR) is 91.8 cm³/mol. The molecule has 1 aromatic carbocycles. The molecule has 1 heterocycles. The summed E-state index contributed by atoms with van der Waals surface area (Å²) in [6, 6.07) is 9.83. The van der Waals surface area contributed by atoms with Gasteiger partial charge in [-0.15, -0.1) is 0 Å². The van der Waals surface area contributed by atoms with Gasteiger partial charge >= 0.3 is 0 Å². The van der Waals surface area contributed by atoms with E-state index in [1.165, 1.54) is 29.7 Å². The van der Waals surface area contributed by atoms with Gasteiger partial charge in [0.15, 0.2) is 0 Å². The second kappa shape index (κ2) is 7.00. The molecular weight excluding hydrogens is 262 g/mol. The van der Waals surface area contributed by atoms with Crippen LogP contribution >= 0.6 is 11.8 Å². The second-order valence-electron chi connectivity index (χ2n) is 6.48. The molecule has 0 radical (unpaired) electrons. The third kappa shape index (κ3) is 3.79. The molecular formula is C18H29NS. The summed E-state index contributed by atoms with van der Waals surface area (Å²) in [5.41, 5.74) is 2.91. The molecule has 1 aliphatic rings. The normalized spacial score (nSPS) is 24.2. The van der Waals surface area contributed by atoms with Crippen molar-refractivity contribution in [2.24, 2.45) is 0 Å². The summed E-state index contributed by atoms with van der Waals surface area (Å²) in [4.78, 5) is 0. The van der Waals surface area contributed by atoms with E-state index >= 15 is 0 Å². The number of rotatable bonds is 6. The Balaban J connectivity index is 2.07. The fourth-order valence-corrected chi connectivity index (χ4v) is 4.51. The smallest absolute Gasteiger partial charge is 0.0288 e. The number of hydrogen-bond donors (Lipinski definition) is 1. The van der Waals surface area contributed by atoms with Crippen molar-refractivity contribution in [1.29, 1.82) is 0 Å². The molecule has 1 saturated heterocycles. The van der Waals surface area contributed by atoms with Gasteiger partial charge in [0.05, 0.1) is 0 Å². The third-order valence-corrected chi connectivity index (χ3v) is 6.16. The van der Waals surface area contributed by atoms with Crippen LogP contribution < -0.4 is 5.32 Å². The molecule has 0 bridgehead atoms. The lowest BCUT2D eigenvalue weighted by molar-refractivity contribution is 0.406. The summed E-state index contributed by atoms with van der Waals surface area (Å²) in [6.07, 6.45) is 3.87. The van der Waals surface area contributed by atoms with E-state index in [1.807, 2.05) is 0 Å². The van der Waals surface area contributed by atoms with E-state index in [0.717, 1.165) is 13.0 Å². The van der Waals surface area contributed by atoms with Crippen molar-refractivity contribution in [2.45, 2.75) is 63.7 Å². The first-order chi connectivity index (χ1) is 9.55. The molecule has 1 aromatic rings. The zero-order valence-electron chi connectivity index (χ0n) is 13.4. The first-order valence-electron chi connectivity index (χ1n) is 8.01. The van der Waals surface area contributed by atoms with Gasteiger partial charge in [-0.3, -0.25) is 0 Å². The van der Waals surface area contributed by atoms with E-state index in [2.05, 4.69) is 69.0 Å². The van der Waals surface area contributed by atoms with Gasteiger partial charge in [-0.05, 0) is 55.5 Å². The Morgan fingerprint density at radius 3 is 2.45 bits per heavy atom. The van der Waals surface area contributed by atoms with Crippen molar-refractivity contribution < 1.29 is 0 Å². The lowest BCUT2D eigenvalue weighted by atomic mass is 9.90. The highest BCUT2D eigenvalue weighted by Crippen LogP contribution is 2.41. The maximum atomic E-state index is 3.73. The molecule has 0 saturated carbocycles. The molecule has 2 unspecified atom stereocenters. The molecule has 2 rings (SSSR count). The first kappa shape index (κ1) is 15.9. The first-order valence-corrected chi connectivity index (χ1v) is 9.00. The number of benzene rings is 1. The van der Waals surface area contributed by atoms with Crippen molar-refractivity contribution in [2.75, 3.05) is 12.3 Å². The topological polar surface area (TPSA) is 12.0 Å². The van der Waals surface area contributed by atoms with Crippen LogP contribution in [0.2, 0.25) is 0 Å². The maximum Gasteiger partial charge on any atom is 0.0288 e. The quantitative estimate of drug-likeness (QED) is 0.821. The summed E-state index contributed by atoms with van der Waals surface area (Å²) in [6.45, 7) is 10.2. The summed E-state index contributed by atoms with van der Waals surface area (Å²) in [5, 5.41) is 3.73. The SMILES string of the molecule is CCNC(Cc1ccc(C(C)C)cc1)C1(C)CCCS1. The van der Waals surface area contributed by atoms with E-state index in [1.54, 1.807) is 0 Å². The molecule has 20 heavy (non-hydrogen) atoms. The average Bonchev–Trinajstić information content (AvgIpc) is 2.87. The van der Waals surface area contributed by atoms with Gasteiger partial charge < -0.3 is 5.32 Å². The Bertz CT molecular complexity index is 404. The van der Waals surface area contributed by atoms with Gasteiger partial charge in [0.25, 0.3) is 0 Å². The van der Waals surface area contributed by atoms with E-state index in [4.69, 9.17) is 0 Å². The van der Waals surface area contributed by atoms with E-state index in [9.17, 15) is 0 Å². The molecule has 112 valence electrons. The van der Waals surface area contributed by atoms with Crippen LogP contribution in [-0.2, 0) is 6.42 Å². The minimum Gasteiger partial charge on any atom is -0.313 e. The van der Waals surface area contributed by atoms with E-state index in [0.29, 0.717) is 16.7 Å². The van der Waals surface area contributed by atoms with Crippen LogP contribution in [0.5, 0.6) is 0 Å². The van der Waals surface area contributed by atoms with Crippen LogP contribution in [-0.4, -0.2) is 23.1 Å². The second-order valence-corrected chi connectivity index (χ2v) is 8.10. The zero-order valence-corrected chi connectivity index (χ0v) is 14.2. The van der Waals surface area contributed by atoms with Crippen molar-refractivity contribution in [3.8, 4) is 0 Å². The Morgan fingerprint density at radius 2 is 1.95 bits per heavy atom. The van der Waals surface area contributed by atoms with E-state index in [-0.39, 0.29) is 0 Å². The standard InChI is InChI=1S/C18H29NS/c1-5-19-17(18(4)11-6-12-20-18)13-15-7-9-16(10-8-15)14(2)3/h7-10,14,17,19H,5-6,11-13H2,1-4H3. The largest absolute Gasteiger partial charge is 0.313 e. The van der Waals surface area contributed by atoms with Crippen LogP contribution in [0, 0.1) is 0 Å². The van der Waals surface area contributed by atoms with Crippen LogP contribution in [0.1, 0.15) is 57.6 Å². The minimum absolute atomic E-state index is 0.409. The number of nitrogens with one attached hydrogen (secondary N) is 1. The summed E-state index contributed by atoms with van der Waals surface area (Å²) in [7, 11) is 0. The summed E-state index contributed by atoms with van der Waals surface area (Å²) < 4.78 is 0.409. The Morgan fingerprint density at radius 1 is 1.25 bits per heavy atom. The zero-order chi connectivity index (χ0) is 14.6. The predicted octanol–water partition coefficient (Wildman–Crippen LogP) is 4.62. The highest BCUT2D eigenvalue weighted by Gasteiger charge is 2.37.